The number of likely N-dealkylation sites (tertiary alicyclic amines) is 1. The van der Waals surface area contributed by atoms with Gasteiger partial charge in [0.05, 0.1) is 0 Å². The normalized spacial score (nSPS) is 30.3. The van der Waals surface area contributed by atoms with Crippen LogP contribution in [-0.4, -0.2) is 63.1 Å². The van der Waals surface area contributed by atoms with E-state index in [9.17, 15) is 9.59 Å². The number of carbonyl (C=O) groups excluding carboxylic acids is 1. The van der Waals surface area contributed by atoms with E-state index >= 15 is 0 Å². The molecule has 0 aromatic rings. The maximum Gasteiger partial charge on any atom is 0.320 e. The van der Waals surface area contributed by atoms with E-state index in [0.717, 1.165) is 38.9 Å². The van der Waals surface area contributed by atoms with Crippen molar-refractivity contribution in [1.82, 2.24) is 9.80 Å². The highest BCUT2D eigenvalue weighted by Crippen LogP contribution is 2.28. The Hall–Kier alpha value is -0.910. The topological polar surface area (TPSA) is 60.9 Å². The van der Waals surface area contributed by atoms with Crippen LogP contribution in [0, 0.1) is 0 Å². The van der Waals surface area contributed by atoms with Crippen LogP contribution in [0.4, 0.5) is 4.79 Å². The second kappa shape index (κ2) is 7.38. The molecule has 3 atom stereocenters. The highest BCUT2D eigenvalue weighted by atomic mass is 32.2. The Morgan fingerprint density at radius 3 is 2.48 bits per heavy atom. The van der Waals surface area contributed by atoms with E-state index in [-0.39, 0.29) is 18.5 Å². The second-order valence-electron chi connectivity index (χ2n) is 6.22. The summed E-state index contributed by atoms with van der Waals surface area (Å²) >= 11 is 1.93. The average molecular weight is 314 g/mol. The third-order valence-electron chi connectivity index (χ3n) is 4.25. The first-order chi connectivity index (χ1) is 9.97. The molecular weight excluding hydrogens is 288 g/mol. The minimum Gasteiger partial charge on any atom is -0.481 e. The van der Waals surface area contributed by atoms with Crippen LogP contribution in [-0.2, 0) is 4.79 Å². The van der Waals surface area contributed by atoms with Gasteiger partial charge in [0.25, 0.3) is 0 Å². The van der Waals surface area contributed by atoms with Crippen molar-refractivity contribution < 1.29 is 14.7 Å². The summed E-state index contributed by atoms with van der Waals surface area (Å²) in [6, 6.07) is 0.214. The zero-order valence-corrected chi connectivity index (χ0v) is 13.8. The van der Waals surface area contributed by atoms with Crippen molar-refractivity contribution >= 4 is 23.8 Å². The Morgan fingerprint density at radius 2 is 1.86 bits per heavy atom. The van der Waals surface area contributed by atoms with Crippen LogP contribution in [0.2, 0.25) is 0 Å². The fourth-order valence-electron chi connectivity index (χ4n) is 3.36. The number of carboxylic acids is 1. The van der Waals surface area contributed by atoms with Gasteiger partial charge in [0, 0.05) is 42.6 Å². The lowest BCUT2D eigenvalue weighted by molar-refractivity contribution is -0.137. The number of carboxylic acid groups (broad SMARTS) is 1. The molecule has 120 valence electrons. The molecule has 0 radical (unpaired) electrons. The Balaban J connectivity index is 1.98. The van der Waals surface area contributed by atoms with E-state index in [4.69, 9.17) is 5.11 Å². The van der Waals surface area contributed by atoms with Crippen molar-refractivity contribution in [2.24, 2.45) is 0 Å². The summed E-state index contributed by atoms with van der Waals surface area (Å²) in [6.07, 6.45) is 3.79. The predicted octanol–water partition coefficient (Wildman–Crippen LogP) is 2.65. The predicted molar refractivity (Wildman–Crippen MR) is 84.7 cm³/mol. The molecule has 0 bridgehead atoms. The maximum atomic E-state index is 12.8. The number of aliphatic carboxylic acids is 1. The SMILES string of the molecule is CC1CN(C(=O)N2CCCCC2CCC(=O)O)CC(C)S1. The van der Waals surface area contributed by atoms with Gasteiger partial charge in [0.2, 0.25) is 0 Å². The molecular formula is C15H26N2O3S. The number of thioether (sulfide) groups is 1. The standard InChI is InChI=1S/C15H26N2O3S/c1-11-9-16(10-12(2)21-11)15(20)17-8-4-3-5-13(17)6-7-14(18)19/h11-13H,3-10H2,1-2H3,(H,18,19). The van der Waals surface area contributed by atoms with Crippen LogP contribution in [0.15, 0.2) is 0 Å². The van der Waals surface area contributed by atoms with Crippen LogP contribution >= 0.6 is 11.8 Å². The highest BCUT2D eigenvalue weighted by Gasteiger charge is 2.33. The number of carbonyl (C=O) groups is 2. The lowest BCUT2D eigenvalue weighted by Crippen LogP contribution is -2.54. The molecule has 2 heterocycles. The summed E-state index contributed by atoms with van der Waals surface area (Å²) in [5.74, 6) is -0.774. The number of urea groups is 1. The van der Waals surface area contributed by atoms with Crippen LogP contribution in [0.5, 0.6) is 0 Å². The summed E-state index contributed by atoms with van der Waals surface area (Å²) in [6.45, 7) is 6.71. The zero-order chi connectivity index (χ0) is 15.4. The summed E-state index contributed by atoms with van der Waals surface area (Å²) in [7, 11) is 0. The van der Waals surface area contributed by atoms with Gasteiger partial charge < -0.3 is 14.9 Å². The van der Waals surface area contributed by atoms with Crippen molar-refractivity contribution in [3.63, 3.8) is 0 Å². The van der Waals surface area contributed by atoms with E-state index < -0.39 is 5.97 Å². The van der Waals surface area contributed by atoms with Gasteiger partial charge in [-0.15, -0.1) is 0 Å². The lowest BCUT2D eigenvalue weighted by Gasteiger charge is -2.42. The molecule has 3 unspecified atom stereocenters. The number of rotatable bonds is 3. The molecule has 0 aromatic heterocycles. The third-order valence-corrected chi connectivity index (χ3v) is 5.48. The molecule has 5 nitrogen and oxygen atoms in total. The molecule has 0 saturated carbocycles. The Morgan fingerprint density at radius 1 is 1.19 bits per heavy atom. The van der Waals surface area contributed by atoms with Gasteiger partial charge in [-0.25, -0.2) is 4.79 Å². The van der Waals surface area contributed by atoms with E-state index in [1.165, 1.54) is 0 Å². The van der Waals surface area contributed by atoms with Gasteiger partial charge >= 0.3 is 12.0 Å². The van der Waals surface area contributed by atoms with E-state index in [2.05, 4.69) is 13.8 Å². The third kappa shape index (κ3) is 4.53. The first-order valence-corrected chi connectivity index (χ1v) is 8.84. The van der Waals surface area contributed by atoms with E-state index in [1.54, 1.807) is 0 Å². The molecule has 1 N–H and O–H groups in total. The quantitative estimate of drug-likeness (QED) is 0.870. The van der Waals surface area contributed by atoms with Crippen LogP contribution in [0.25, 0.3) is 0 Å². The minimum atomic E-state index is -0.774. The molecule has 2 aliphatic rings. The number of piperidine rings is 1. The Bertz CT molecular complexity index is 381. The molecule has 2 rings (SSSR count). The summed E-state index contributed by atoms with van der Waals surface area (Å²) in [4.78, 5) is 27.5. The Kier molecular flexibility index (Phi) is 5.79. The molecule has 21 heavy (non-hydrogen) atoms. The van der Waals surface area contributed by atoms with Gasteiger partial charge in [-0.2, -0.15) is 11.8 Å². The van der Waals surface area contributed by atoms with Gasteiger partial charge in [0.15, 0.2) is 0 Å². The van der Waals surface area contributed by atoms with Crippen LogP contribution in [0.1, 0.15) is 46.0 Å². The highest BCUT2D eigenvalue weighted by molar-refractivity contribution is 8.00. The van der Waals surface area contributed by atoms with E-state index in [0.29, 0.717) is 16.9 Å². The zero-order valence-electron chi connectivity index (χ0n) is 13.0. The van der Waals surface area contributed by atoms with Gasteiger partial charge in [-0.3, -0.25) is 4.79 Å². The van der Waals surface area contributed by atoms with Crippen molar-refractivity contribution in [3.8, 4) is 0 Å². The monoisotopic (exact) mass is 314 g/mol. The molecule has 6 heteroatoms. The van der Waals surface area contributed by atoms with Crippen molar-refractivity contribution in [2.75, 3.05) is 19.6 Å². The van der Waals surface area contributed by atoms with Crippen molar-refractivity contribution in [2.45, 2.75) is 62.5 Å². The van der Waals surface area contributed by atoms with Crippen LogP contribution < -0.4 is 0 Å². The number of hydrogen-bond acceptors (Lipinski definition) is 3. The second-order valence-corrected chi connectivity index (χ2v) is 8.10. The van der Waals surface area contributed by atoms with Crippen molar-refractivity contribution in [1.29, 1.82) is 0 Å². The molecule has 2 aliphatic heterocycles. The molecule has 0 aliphatic carbocycles. The molecule has 0 aromatic carbocycles. The number of amides is 2. The van der Waals surface area contributed by atoms with Crippen LogP contribution in [0.3, 0.4) is 0 Å². The fraction of sp³-hybridized carbons (Fsp3) is 0.867. The molecule has 2 fully saturated rings. The molecule has 2 amide bonds. The molecule has 2 saturated heterocycles. The first-order valence-electron chi connectivity index (χ1n) is 7.90. The van der Waals surface area contributed by atoms with Crippen molar-refractivity contribution in [3.05, 3.63) is 0 Å². The lowest BCUT2D eigenvalue weighted by atomic mass is 9.98. The van der Waals surface area contributed by atoms with Gasteiger partial charge in [-0.1, -0.05) is 13.8 Å². The smallest absolute Gasteiger partial charge is 0.320 e. The summed E-state index contributed by atoms with van der Waals surface area (Å²) < 4.78 is 0. The minimum absolute atomic E-state index is 0.0996. The van der Waals surface area contributed by atoms with Gasteiger partial charge in [-0.05, 0) is 25.7 Å². The molecule has 0 spiro atoms. The maximum absolute atomic E-state index is 12.8. The average Bonchev–Trinajstić information content (AvgIpc) is 2.43. The number of hydrogen-bond donors (Lipinski definition) is 1. The number of nitrogens with zero attached hydrogens (tertiary/aromatic N) is 2. The Labute approximate surface area is 131 Å². The fourth-order valence-corrected chi connectivity index (χ4v) is 4.68. The first kappa shape index (κ1) is 16.5. The largest absolute Gasteiger partial charge is 0.481 e. The summed E-state index contributed by atoms with van der Waals surface area (Å²) in [5, 5.41) is 9.81. The van der Waals surface area contributed by atoms with E-state index in [1.807, 2.05) is 21.6 Å². The van der Waals surface area contributed by atoms with Gasteiger partial charge in [0.1, 0.15) is 0 Å². The summed E-state index contributed by atoms with van der Waals surface area (Å²) in [5.41, 5.74) is 0.